The maximum Gasteiger partial charge on any atom is 0.0460 e. The molecule has 1 radical (unpaired) electrons. The SMILES string of the molecule is [c]1c[nH]c(-c2ccccc2)c1. The van der Waals surface area contributed by atoms with Crippen LogP contribution in [0.2, 0.25) is 0 Å². The van der Waals surface area contributed by atoms with E-state index in [2.05, 4.69) is 23.2 Å². The molecule has 53 valence electrons. The predicted octanol–water partition coefficient (Wildman–Crippen LogP) is 2.48. The summed E-state index contributed by atoms with van der Waals surface area (Å²) in [6.07, 6.45) is 1.81. The fourth-order valence-electron chi connectivity index (χ4n) is 1.07. The Morgan fingerprint density at radius 3 is 2.55 bits per heavy atom. The van der Waals surface area contributed by atoms with Gasteiger partial charge in [-0.25, -0.2) is 0 Å². The molecular formula is C10H8N. The van der Waals surface area contributed by atoms with Crippen LogP contribution in [0.1, 0.15) is 0 Å². The van der Waals surface area contributed by atoms with E-state index in [9.17, 15) is 0 Å². The first-order valence-electron chi connectivity index (χ1n) is 3.57. The lowest BCUT2D eigenvalue weighted by molar-refractivity contribution is 1.40. The topological polar surface area (TPSA) is 15.8 Å². The summed E-state index contributed by atoms with van der Waals surface area (Å²) in [5.74, 6) is 0. The number of rotatable bonds is 1. The fraction of sp³-hybridized carbons (Fsp3) is 0. The van der Waals surface area contributed by atoms with Gasteiger partial charge >= 0.3 is 0 Å². The summed E-state index contributed by atoms with van der Waals surface area (Å²) >= 11 is 0. The van der Waals surface area contributed by atoms with Crippen molar-refractivity contribution in [3.05, 3.63) is 48.7 Å². The van der Waals surface area contributed by atoms with E-state index in [1.807, 2.05) is 30.5 Å². The van der Waals surface area contributed by atoms with E-state index in [1.165, 1.54) is 5.56 Å². The van der Waals surface area contributed by atoms with Crippen LogP contribution in [0.15, 0.2) is 42.6 Å². The third kappa shape index (κ3) is 1.17. The molecule has 0 saturated carbocycles. The summed E-state index contributed by atoms with van der Waals surface area (Å²) in [6, 6.07) is 15.1. The summed E-state index contributed by atoms with van der Waals surface area (Å²) in [6.45, 7) is 0. The molecule has 0 spiro atoms. The Labute approximate surface area is 65.7 Å². The van der Waals surface area contributed by atoms with Crippen molar-refractivity contribution < 1.29 is 0 Å². The molecule has 11 heavy (non-hydrogen) atoms. The minimum Gasteiger partial charge on any atom is -0.361 e. The number of hydrogen-bond acceptors (Lipinski definition) is 0. The highest BCUT2D eigenvalue weighted by Gasteiger charge is 1.93. The minimum absolute atomic E-state index is 1.12. The molecule has 0 amide bonds. The molecule has 0 atom stereocenters. The standard InChI is InChI=1S/C10H8N/c1-2-5-9(6-3-1)10-7-4-8-11-10/h1-3,5-8,11H. The average Bonchev–Trinajstić information content (AvgIpc) is 2.58. The minimum atomic E-state index is 1.12. The molecular weight excluding hydrogens is 134 g/mol. The molecule has 0 aliphatic rings. The van der Waals surface area contributed by atoms with Crippen molar-refractivity contribution in [1.29, 1.82) is 0 Å². The van der Waals surface area contributed by atoms with Gasteiger partial charge in [0.15, 0.2) is 0 Å². The second kappa shape index (κ2) is 2.62. The van der Waals surface area contributed by atoms with E-state index < -0.39 is 0 Å². The third-order valence-electron chi connectivity index (χ3n) is 1.62. The highest BCUT2D eigenvalue weighted by Crippen LogP contribution is 2.14. The Kier molecular flexibility index (Phi) is 1.48. The average molecular weight is 142 g/mol. The van der Waals surface area contributed by atoms with Gasteiger partial charge in [-0.15, -0.1) is 0 Å². The molecule has 1 N–H and O–H groups in total. The van der Waals surface area contributed by atoms with Gasteiger partial charge in [0.2, 0.25) is 0 Å². The molecule has 0 bridgehead atoms. The van der Waals surface area contributed by atoms with Gasteiger partial charge in [-0.05, 0) is 11.6 Å². The third-order valence-corrected chi connectivity index (χ3v) is 1.62. The van der Waals surface area contributed by atoms with Crippen LogP contribution in [0.4, 0.5) is 0 Å². The summed E-state index contributed by atoms with van der Waals surface area (Å²) in [5, 5.41) is 0. The van der Waals surface area contributed by atoms with Gasteiger partial charge in [0, 0.05) is 18.0 Å². The maximum absolute atomic E-state index is 3.10. The monoisotopic (exact) mass is 142 g/mol. The van der Waals surface area contributed by atoms with Crippen LogP contribution in [-0.2, 0) is 0 Å². The van der Waals surface area contributed by atoms with Gasteiger partial charge in [0.25, 0.3) is 0 Å². The van der Waals surface area contributed by atoms with Crippen LogP contribution in [0, 0.1) is 6.07 Å². The molecule has 2 aromatic rings. The van der Waals surface area contributed by atoms with Crippen LogP contribution in [0.5, 0.6) is 0 Å². The van der Waals surface area contributed by atoms with Crippen molar-refractivity contribution in [3.8, 4) is 11.3 Å². The largest absolute Gasteiger partial charge is 0.361 e. The summed E-state index contributed by atoms with van der Waals surface area (Å²) in [7, 11) is 0. The Morgan fingerprint density at radius 1 is 1.09 bits per heavy atom. The number of hydrogen-bond donors (Lipinski definition) is 1. The molecule has 0 unspecified atom stereocenters. The summed E-state index contributed by atoms with van der Waals surface area (Å²) < 4.78 is 0. The maximum atomic E-state index is 3.10. The van der Waals surface area contributed by atoms with E-state index in [1.54, 1.807) is 0 Å². The zero-order valence-corrected chi connectivity index (χ0v) is 6.04. The molecule has 0 saturated heterocycles. The van der Waals surface area contributed by atoms with Crippen molar-refractivity contribution in [1.82, 2.24) is 4.98 Å². The molecule has 0 fully saturated rings. The van der Waals surface area contributed by atoms with Crippen LogP contribution < -0.4 is 0 Å². The molecule has 1 nitrogen and oxygen atoms in total. The first kappa shape index (κ1) is 6.23. The van der Waals surface area contributed by atoms with E-state index in [-0.39, 0.29) is 0 Å². The Bertz CT molecular complexity index is 308. The first-order chi connectivity index (χ1) is 5.47. The molecule has 1 aromatic heterocycles. The molecule has 1 heteroatoms. The van der Waals surface area contributed by atoms with Gasteiger partial charge in [-0.2, -0.15) is 0 Å². The van der Waals surface area contributed by atoms with Gasteiger partial charge in [-0.3, -0.25) is 0 Å². The first-order valence-corrected chi connectivity index (χ1v) is 3.57. The molecule has 1 aromatic carbocycles. The number of aromatic nitrogens is 1. The van der Waals surface area contributed by atoms with E-state index in [0.29, 0.717) is 0 Å². The zero-order valence-electron chi connectivity index (χ0n) is 6.04. The number of benzene rings is 1. The fourth-order valence-corrected chi connectivity index (χ4v) is 1.07. The lowest BCUT2D eigenvalue weighted by Gasteiger charge is -1.94. The molecule has 2 rings (SSSR count). The second-order valence-corrected chi connectivity index (χ2v) is 2.38. The van der Waals surface area contributed by atoms with Crippen LogP contribution >= 0.6 is 0 Å². The number of H-pyrrole nitrogens is 1. The normalized spacial score (nSPS) is 9.82. The smallest absolute Gasteiger partial charge is 0.0460 e. The second-order valence-electron chi connectivity index (χ2n) is 2.38. The summed E-state index contributed by atoms with van der Waals surface area (Å²) in [4.78, 5) is 3.10. The van der Waals surface area contributed by atoms with Crippen molar-refractivity contribution in [2.24, 2.45) is 0 Å². The molecule has 0 aliphatic heterocycles. The highest BCUT2D eigenvalue weighted by atomic mass is 14.7. The zero-order chi connectivity index (χ0) is 7.52. The molecule has 1 heterocycles. The Morgan fingerprint density at radius 2 is 1.91 bits per heavy atom. The van der Waals surface area contributed by atoms with Crippen molar-refractivity contribution >= 4 is 0 Å². The van der Waals surface area contributed by atoms with Crippen LogP contribution in [0.3, 0.4) is 0 Å². The van der Waals surface area contributed by atoms with Gasteiger partial charge < -0.3 is 4.98 Å². The van der Waals surface area contributed by atoms with Crippen molar-refractivity contribution in [2.45, 2.75) is 0 Å². The lowest BCUT2D eigenvalue weighted by Crippen LogP contribution is -1.73. The van der Waals surface area contributed by atoms with Crippen LogP contribution in [0.25, 0.3) is 11.3 Å². The Balaban J connectivity index is 2.46. The van der Waals surface area contributed by atoms with Crippen molar-refractivity contribution in [2.75, 3.05) is 0 Å². The van der Waals surface area contributed by atoms with E-state index in [0.717, 1.165) is 5.69 Å². The number of aromatic amines is 1. The lowest BCUT2D eigenvalue weighted by atomic mass is 10.2. The van der Waals surface area contributed by atoms with Gasteiger partial charge in [0.1, 0.15) is 0 Å². The number of nitrogens with one attached hydrogen (secondary N) is 1. The van der Waals surface area contributed by atoms with Gasteiger partial charge in [0.05, 0.1) is 0 Å². The predicted molar refractivity (Wildman–Crippen MR) is 45.1 cm³/mol. The highest BCUT2D eigenvalue weighted by molar-refractivity contribution is 5.58. The molecule has 0 aliphatic carbocycles. The van der Waals surface area contributed by atoms with E-state index in [4.69, 9.17) is 0 Å². The van der Waals surface area contributed by atoms with Crippen LogP contribution in [-0.4, -0.2) is 4.98 Å². The Hall–Kier alpha value is -1.50. The van der Waals surface area contributed by atoms with Crippen molar-refractivity contribution in [3.63, 3.8) is 0 Å². The quantitative estimate of drug-likeness (QED) is 0.629. The summed E-state index contributed by atoms with van der Waals surface area (Å²) in [5.41, 5.74) is 2.32. The van der Waals surface area contributed by atoms with Gasteiger partial charge in [-0.1, -0.05) is 30.3 Å². The van der Waals surface area contributed by atoms with E-state index >= 15 is 0 Å².